The highest BCUT2D eigenvalue weighted by atomic mass is 16.5. The van der Waals surface area contributed by atoms with Crippen molar-refractivity contribution in [3.63, 3.8) is 0 Å². The van der Waals surface area contributed by atoms with E-state index in [4.69, 9.17) is 15.2 Å². The van der Waals surface area contributed by atoms with E-state index in [1.165, 1.54) is 5.56 Å². The Labute approximate surface area is 176 Å². The van der Waals surface area contributed by atoms with Gasteiger partial charge in [-0.3, -0.25) is 5.73 Å². The van der Waals surface area contributed by atoms with Crippen LogP contribution < -0.4 is 24.7 Å². The van der Waals surface area contributed by atoms with E-state index in [1.54, 1.807) is 14.2 Å². The molecule has 6 nitrogen and oxygen atoms in total. The lowest BCUT2D eigenvalue weighted by atomic mass is 9.92. The zero-order valence-electron chi connectivity index (χ0n) is 17.7. The number of nitrogens with two attached hydrogens (primary N) is 1. The first-order valence-electron chi connectivity index (χ1n) is 9.78. The van der Waals surface area contributed by atoms with Crippen molar-refractivity contribution >= 4 is 11.5 Å². The average molecular weight is 401 g/mol. The van der Waals surface area contributed by atoms with Gasteiger partial charge in [0.1, 0.15) is 17.3 Å². The molecular weight excluding hydrogens is 376 g/mol. The number of hydrogen-bond acceptors (Lipinski definition) is 5. The van der Waals surface area contributed by atoms with Gasteiger partial charge in [0.25, 0.3) is 5.82 Å². The molecule has 0 radical (unpaired) electrons. The number of methoxy groups -OCH3 is 2. The van der Waals surface area contributed by atoms with E-state index in [0.717, 1.165) is 34.5 Å². The molecule has 0 bridgehead atoms. The fourth-order valence-corrected chi connectivity index (χ4v) is 4.04. The second kappa shape index (κ2) is 7.60. The van der Waals surface area contributed by atoms with Crippen LogP contribution in [0, 0.1) is 11.3 Å². The van der Waals surface area contributed by atoms with Crippen LogP contribution in [0.25, 0.3) is 22.4 Å². The number of aryl methyl sites for hydroxylation is 1. The third-order valence-electron chi connectivity index (χ3n) is 5.68. The van der Waals surface area contributed by atoms with Crippen LogP contribution in [0.4, 0.5) is 11.5 Å². The van der Waals surface area contributed by atoms with Gasteiger partial charge >= 0.3 is 0 Å². The maximum Gasteiger partial charge on any atom is 0.291 e. The van der Waals surface area contributed by atoms with Crippen LogP contribution in [-0.2, 0) is 13.0 Å². The smallest absolute Gasteiger partial charge is 0.291 e. The Morgan fingerprint density at radius 1 is 1.00 bits per heavy atom. The third kappa shape index (κ3) is 3.09. The van der Waals surface area contributed by atoms with E-state index in [1.807, 2.05) is 60.0 Å². The molecule has 152 valence electrons. The summed E-state index contributed by atoms with van der Waals surface area (Å²) in [5.74, 6) is 1.87. The fourth-order valence-electron chi connectivity index (χ4n) is 4.04. The maximum atomic E-state index is 9.86. The highest BCUT2D eigenvalue weighted by Gasteiger charge is 2.28. The van der Waals surface area contributed by atoms with Crippen LogP contribution in [-0.4, -0.2) is 28.3 Å². The van der Waals surface area contributed by atoms with Crippen molar-refractivity contribution in [1.29, 1.82) is 5.26 Å². The quantitative estimate of drug-likeness (QED) is 0.678. The van der Waals surface area contributed by atoms with E-state index in [0.29, 0.717) is 29.4 Å². The molecule has 0 aliphatic carbocycles. The number of anilines is 2. The van der Waals surface area contributed by atoms with Crippen molar-refractivity contribution in [2.45, 2.75) is 13.0 Å². The number of nitrogens with zero attached hydrogens (tertiary/aromatic N) is 3. The minimum atomic E-state index is 0.488. The molecule has 0 atom stereocenters. The highest BCUT2D eigenvalue weighted by Crippen LogP contribution is 2.39. The van der Waals surface area contributed by atoms with Gasteiger partial charge in [0.15, 0.2) is 11.5 Å². The summed E-state index contributed by atoms with van der Waals surface area (Å²) in [7, 11) is 7.28. The zero-order valence-corrected chi connectivity index (χ0v) is 17.7. The summed E-state index contributed by atoms with van der Waals surface area (Å²) in [5, 5.41) is 9.86. The van der Waals surface area contributed by atoms with E-state index in [-0.39, 0.29) is 0 Å². The molecule has 0 fully saturated rings. The van der Waals surface area contributed by atoms with Gasteiger partial charge in [-0.05, 0) is 41.5 Å². The number of pyridine rings is 1. The van der Waals surface area contributed by atoms with Crippen molar-refractivity contribution in [3.05, 3.63) is 53.6 Å². The SMILES string of the molecule is COc1cc2c(cc1OC)-c1cc(-c3ccc(N(C)C)cc3)c(C#N)c(N)[n+]1CC2. The minimum Gasteiger partial charge on any atom is -0.493 e. The largest absolute Gasteiger partial charge is 0.493 e. The summed E-state index contributed by atoms with van der Waals surface area (Å²) < 4.78 is 13.0. The molecule has 0 spiro atoms. The molecular formula is C24H25N4O2+. The molecule has 0 unspecified atom stereocenters. The number of fused-ring (bicyclic) bond motifs is 3. The maximum absolute atomic E-state index is 9.86. The molecule has 2 aromatic carbocycles. The lowest BCUT2D eigenvalue weighted by molar-refractivity contribution is -0.673. The molecule has 2 heterocycles. The van der Waals surface area contributed by atoms with Gasteiger partial charge in [0.2, 0.25) is 0 Å². The van der Waals surface area contributed by atoms with Crippen molar-refractivity contribution in [1.82, 2.24) is 0 Å². The van der Waals surface area contributed by atoms with Crippen molar-refractivity contribution in [2.75, 3.05) is 38.9 Å². The predicted octanol–water partition coefficient (Wildman–Crippen LogP) is 3.40. The predicted molar refractivity (Wildman–Crippen MR) is 118 cm³/mol. The number of aromatic nitrogens is 1. The van der Waals surface area contributed by atoms with Crippen molar-refractivity contribution in [3.8, 4) is 40.0 Å². The Morgan fingerprint density at radius 3 is 2.27 bits per heavy atom. The first-order valence-corrected chi connectivity index (χ1v) is 9.78. The first kappa shape index (κ1) is 19.6. The molecule has 2 N–H and O–H groups in total. The first-order chi connectivity index (χ1) is 14.5. The molecule has 1 aliphatic rings. The van der Waals surface area contributed by atoms with Crippen LogP contribution in [0.15, 0.2) is 42.5 Å². The summed E-state index contributed by atoms with van der Waals surface area (Å²) >= 11 is 0. The number of rotatable bonds is 4. The van der Waals surface area contributed by atoms with E-state index in [2.05, 4.69) is 12.1 Å². The average Bonchev–Trinajstić information content (AvgIpc) is 2.77. The molecule has 4 rings (SSSR count). The third-order valence-corrected chi connectivity index (χ3v) is 5.68. The molecule has 3 aromatic rings. The number of ether oxygens (including phenoxy) is 2. The summed E-state index contributed by atoms with van der Waals surface area (Å²) in [4.78, 5) is 2.04. The van der Waals surface area contributed by atoms with Gasteiger partial charge in [-0.25, -0.2) is 4.57 Å². The Kier molecular flexibility index (Phi) is 4.96. The van der Waals surface area contributed by atoms with Gasteiger partial charge in [-0.1, -0.05) is 12.1 Å². The van der Waals surface area contributed by atoms with Gasteiger partial charge in [-0.2, -0.15) is 5.26 Å². The zero-order chi connectivity index (χ0) is 21.4. The molecule has 1 aliphatic heterocycles. The molecule has 30 heavy (non-hydrogen) atoms. The highest BCUT2D eigenvalue weighted by molar-refractivity contribution is 5.80. The van der Waals surface area contributed by atoms with Crippen LogP contribution >= 0.6 is 0 Å². The molecule has 0 amide bonds. The molecule has 0 saturated carbocycles. The van der Waals surface area contributed by atoms with Crippen LogP contribution in [0.1, 0.15) is 11.1 Å². The number of hydrogen-bond donors (Lipinski definition) is 1. The lowest BCUT2D eigenvalue weighted by Crippen LogP contribution is -2.44. The Hall–Kier alpha value is -3.72. The molecule has 1 aromatic heterocycles. The Morgan fingerprint density at radius 2 is 1.67 bits per heavy atom. The van der Waals surface area contributed by atoms with E-state index >= 15 is 0 Å². The van der Waals surface area contributed by atoms with Gasteiger partial charge in [-0.15, -0.1) is 0 Å². The normalized spacial score (nSPS) is 11.8. The van der Waals surface area contributed by atoms with E-state index < -0.39 is 0 Å². The lowest BCUT2D eigenvalue weighted by Gasteiger charge is -2.22. The monoisotopic (exact) mass is 401 g/mol. The summed E-state index contributed by atoms with van der Waals surface area (Å²) in [6.45, 7) is 0.707. The molecule has 0 saturated heterocycles. The molecule has 6 heteroatoms. The summed E-state index contributed by atoms with van der Waals surface area (Å²) in [5.41, 5.74) is 13.1. The second-order valence-electron chi connectivity index (χ2n) is 7.52. The van der Waals surface area contributed by atoms with Gasteiger partial charge < -0.3 is 14.4 Å². The van der Waals surface area contributed by atoms with Crippen LogP contribution in [0.2, 0.25) is 0 Å². The van der Waals surface area contributed by atoms with Crippen molar-refractivity contribution in [2.24, 2.45) is 0 Å². The number of nitriles is 1. The van der Waals surface area contributed by atoms with Crippen molar-refractivity contribution < 1.29 is 14.0 Å². The van der Waals surface area contributed by atoms with Gasteiger partial charge in [0, 0.05) is 37.3 Å². The van der Waals surface area contributed by atoms with Crippen LogP contribution in [0.3, 0.4) is 0 Å². The second-order valence-corrected chi connectivity index (χ2v) is 7.52. The van der Waals surface area contributed by atoms with Crippen LogP contribution in [0.5, 0.6) is 11.5 Å². The fraction of sp³-hybridized carbons (Fsp3) is 0.250. The number of benzene rings is 2. The Balaban J connectivity index is 1.94. The van der Waals surface area contributed by atoms with Gasteiger partial charge in [0.05, 0.1) is 20.8 Å². The minimum absolute atomic E-state index is 0.488. The number of nitrogen functional groups attached to an aromatic ring is 1. The topological polar surface area (TPSA) is 75.4 Å². The Bertz CT molecular complexity index is 1160. The summed E-state index contributed by atoms with van der Waals surface area (Å²) in [6.07, 6.45) is 0.805. The standard InChI is InChI=1S/C24H24N4O2/c1-27(2)17-7-5-15(6-8-17)18-12-21-19-13-23(30-4)22(29-3)11-16(19)9-10-28(21)24(26)20(18)14-25/h5-8,11-13,26H,9-10H2,1-4H3/p+1. The summed E-state index contributed by atoms with van der Waals surface area (Å²) in [6, 6.07) is 16.5. The van der Waals surface area contributed by atoms with E-state index in [9.17, 15) is 5.26 Å².